The van der Waals surface area contributed by atoms with Gasteiger partial charge in [-0.2, -0.15) is 8.78 Å². The Bertz CT molecular complexity index is 727. The summed E-state index contributed by atoms with van der Waals surface area (Å²) in [6, 6.07) is 4.10. The molecule has 24 heavy (non-hydrogen) atoms. The van der Waals surface area contributed by atoms with Gasteiger partial charge in [0.2, 0.25) is 0 Å². The number of carbonyl (C=O) groups excluding carboxylic acids is 1. The fraction of sp³-hybridized carbons (Fsp3) is 0.375. The van der Waals surface area contributed by atoms with Gasteiger partial charge in [0.15, 0.2) is 16.6 Å². The molecule has 0 atom stereocenters. The van der Waals surface area contributed by atoms with E-state index in [0.29, 0.717) is 5.13 Å². The van der Waals surface area contributed by atoms with Crippen LogP contribution in [0.15, 0.2) is 18.2 Å². The first-order valence-electron chi connectivity index (χ1n) is 7.58. The first-order valence-corrected chi connectivity index (χ1v) is 8.40. The number of anilines is 1. The number of fused-ring (bicyclic) bond motifs is 1. The molecule has 0 fully saturated rings. The van der Waals surface area contributed by atoms with Gasteiger partial charge in [0.05, 0.1) is 12.3 Å². The molecule has 0 saturated heterocycles. The Balaban J connectivity index is 1.77. The highest BCUT2D eigenvalue weighted by atomic mass is 32.1. The van der Waals surface area contributed by atoms with Crippen LogP contribution >= 0.6 is 11.3 Å². The number of nitrogens with zero attached hydrogens (tertiary/aromatic N) is 1. The number of ether oxygens (including phenoxy) is 2. The van der Waals surface area contributed by atoms with Gasteiger partial charge in [-0.3, -0.25) is 10.1 Å². The van der Waals surface area contributed by atoms with Gasteiger partial charge in [-0.05, 0) is 44.4 Å². The maximum absolute atomic E-state index is 12.4. The average Bonchev–Trinajstić information content (AvgIpc) is 3.10. The second-order valence-electron chi connectivity index (χ2n) is 5.17. The molecule has 1 aromatic carbocycles. The molecule has 2 aromatic rings. The zero-order chi connectivity index (χ0) is 17.1. The molecule has 0 radical (unpaired) electrons. The van der Waals surface area contributed by atoms with Gasteiger partial charge in [0.1, 0.15) is 0 Å². The molecule has 1 aliphatic carbocycles. The summed E-state index contributed by atoms with van der Waals surface area (Å²) in [5, 5.41) is 3.29. The highest BCUT2D eigenvalue weighted by molar-refractivity contribution is 7.16. The van der Waals surface area contributed by atoms with Gasteiger partial charge < -0.3 is 9.47 Å². The molecule has 0 aliphatic heterocycles. The van der Waals surface area contributed by atoms with Crippen molar-refractivity contribution in [3.05, 3.63) is 34.3 Å². The van der Waals surface area contributed by atoms with Gasteiger partial charge in [0, 0.05) is 10.4 Å². The normalized spacial score (nSPS) is 13.0. The van der Waals surface area contributed by atoms with Crippen LogP contribution in [-0.4, -0.2) is 24.1 Å². The van der Waals surface area contributed by atoms with Gasteiger partial charge in [-0.1, -0.05) is 0 Å². The van der Waals surface area contributed by atoms with Crippen LogP contribution < -0.4 is 14.8 Å². The summed E-state index contributed by atoms with van der Waals surface area (Å²) in [4.78, 5) is 18.0. The van der Waals surface area contributed by atoms with Gasteiger partial charge in [-0.25, -0.2) is 4.98 Å². The number of hydrogen-bond acceptors (Lipinski definition) is 5. The molecule has 5 nitrogen and oxygen atoms in total. The molecule has 1 N–H and O–H groups in total. The lowest BCUT2D eigenvalue weighted by Crippen LogP contribution is -2.13. The summed E-state index contributed by atoms with van der Waals surface area (Å²) in [5.74, 6) is -0.365. The number of nitrogens with one attached hydrogen (secondary N) is 1. The topological polar surface area (TPSA) is 60.5 Å². The monoisotopic (exact) mass is 354 g/mol. The maximum Gasteiger partial charge on any atom is 0.387 e. The van der Waals surface area contributed by atoms with Crippen LogP contribution in [0, 0.1) is 0 Å². The minimum atomic E-state index is -2.96. The lowest BCUT2D eigenvalue weighted by Gasteiger charge is -2.12. The Labute approximate surface area is 141 Å². The highest BCUT2D eigenvalue weighted by Crippen LogP contribution is 2.32. The summed E-state index contributed by atoms with van der Waals surface area (Å²) in [6.45, 7) is -0.971. The van der Waals surface area contributed by atoms with E-state index in [1.807, 2.05) is 0 Å². The SMILES string of the molecule is CCOc1cc(C(=O)Nc2nc3c(s2)CCC3)ccc1OC(F)F. The summed E-state index contributed by atoms with van der Waals surface area (Å²) in [6.07, 6.45) is 3.04. The summed E-state index contributed by atoms with van der Waals surface area (Å²) in [5.41, 5.74) is 1.33. The molecule has 0 unspecified atom stereocenters. The fourth-order valence-corrected chi connectivity index (χ4v) is 3.57. The number of rotatable bonds is 6. The first kappa shape index (κ1) is 16.6. The average molecular weight is 354 g/mol. The zero-order valence-corrected chi connectivity index (χ0v) is 13.8. The van der Waals surface area contributed by atoms with E-state index in [1.165, 1.54) is 34.4 Å². The van der Waals surface area contributed by atoms with Crippen molar-refractivity contribution in [1.82, 2.24) is 4.98 Å². The smallest absolute Gasteiger partial charge is 0.387 e. The third-order valence-electron chi connectivity index (χ3n) is 3.54. The number of carbonyl (C=O) groups is 1. The van der Waals surface area contributed by atoms with E-state index < -0.39 is 6.61 Å². The van der Waals surface area contributed by atoms with Crippen LogP contribution in [0.5, 0.6) is 11.5 Å². The van der Waals surface area contributed by atoms with Crippen molar-refractivity contribution in [3.8, 4) is 11.5 Å². The highest BCUT2D eigenvalue weighted by Gasteiger charge is 2.19. The number of aryl methyl sites for hydroxylation is 2. The van der Waals surface area contributed by atoms with E-state index >= 15 is 0 Å². The van der Waals surface area contributed by atoms with E-state index in [2.05, 4.69) is 15.0 Å². The summed E-state index contributed by atoms with van der Waals surface area (Å²) >= 11 is 1.47. The molecular weight excluding hydrogens is 338 g/mol. The van der Waals surface area contributed by atoms with Crippen LogP contribution in [0.3, 0.4) is 0 Å². The van der Waals surface area contributed by atoms with Gasteiger partial charge in [-0.15, -0.1) is 11.3 Å². The lowest BCUT2D eigenvalue weighted by atomic mass is 10.2. The van der Waals surface area contributed by atoms with E-state index in [1.54, 1.807) is 6.92 Å². The number of halogens is 2. The molecule has 0 spiro atoms. The van der Waals surface area contributed by atoms with E-state index in [-0.39, 0.29) is 29.6 Å². The number of benzene rings is 1. The number of hydrogen-bond donors (Lipinski definition) is 1. The van der Waals surface area contributed by atoms with Crippen LogP contribution in [0.2, 0.25) is 0 Å². The number of aromatic nitrogens is 1. The molecule has 1 aromatic heterocycles. The third kappa shape index (κ3) is 3.64. The predicted octanol–water partition coefficient (Wildman–Crippen LogP) is 3.88. The molecule has 128 valence electrons. The standard InChI is InChI=1S/C16H16F2N2O3S/c1-2-22-12-8-9(6-7-11(12)23-15(17)18)14(21)20-16-19-10-4-3-5-13(10)24-16/h6-8,15H,2-5H2,1H3,(H,19,20,21). The van der Waals surface area contributed by atoms with E-state index in [9.17, 15) is 13.6 Å². The van der Waals surface area contributed by atoms with Crippen molar-refractivity contribution in [1.29, 1.82) is 0 Å². The largest absolute Gasteiger partial charge is 0.490 e. The molecule has 0 saturated carbocycles. The van der Waals surface area contributed by atoms with Crippen molar-refractivity contribution in [2.75, 3.05) is 11.9 Å². The van der Waals surface area contributed by atoms with E-state index in [0.717, 1.165) is 25.0 Å². The Kier molecular flexibility index (Phi) is 4.94. The number of thiazole rings is 1. The molecule has 8 heteroatoms. The van der Waals surface area contributed by atoms with Crippen LogP contribution in [0.25, 0.3) is 0 Å². The number of alkyl halides is 2. The van der Waals surface area contributed by atoms with Crippen molar-refractivity contribution < 1.29 is 23.0 Å². The van der Waals surface area contributed by atoms with Crippen LogP contribution in [-0.2, 0) is 12.8 Å². The quantitative estimate of drug-likeness (QED) is 0.855. The molecular formula is C16H16F2N2O3S. The first-order chi connectivity index (χ1) is 11.6. The molecule has 3 rings (SSSR count). The molecule has 1 aliphatic rings. The van der Waals surface area contributed by atoms with Crippen molar-refractivity contribution in [2.45, 2.75) is 32.8 Å². The van der Waals surface area contributed by atoms with Crippen LogP contribution in [0.4, 0.5) is 13.9 Å². The number of amides is 1. The molecule has 1 amide bonds. The predicted molar refractivity (Wildman–Crippen MR) is 86.3 cm³/mol. The summed E-state index contributed by atoms with van der Waals surface area (Å²) < 4.78 is 34.5. The third-order valence-corrected chi connectivity index (χ3v) is 4.61. The van der Waals surface area contributed by atoms with Gasteiger partial charge in [0.25, 0.3) is 5.91 Å². The Morgan fingerprint density at radius 2 is 2.21 bits per heavy atom. The molecule has 1 heterocycles. The Morgan fingerprint density at radius 1 is 1.38 bits per heavy atom. The Hall–Kier alpha value is -2.22. The van der Waals surface area contributed by atoms with Crippen molar-refractivity contribution in [3.63, 3.8) is 0 Å². The second-order valence-corrected chi connectivity index (χ2v) is 6.25. The van der Waals surface area contributed by atoms with E-state index in [4.69, 9.17) is 4.74 Å². The maximum atomic E-state index is 12.4. The lowest BCUT2D eigenvalue weighted by molar-refractivity contribution is -0.0514. The Morgan fingerprint density at radius 3 is 2.92 bits per heavy atom. The zero-order valence-electron chi connectivity index (χ0n) is 13.0. The second kappa shape index (κ2) is 7.12. The molecule has 0 bridgehead atoms. The minimum absolute atomic E-state index is 0.100. The fourth-order valence-electron chi connectivity index (χ4n) is 2.52. The van der Waals surface area contributed by atoms with Crippen LogP contribution in [0.1, 0.15) is 34.3 Å². The van der Waals surface area contributed by atoms with Gasteiger partial charge >= 0.3 is 6.61 Å². The van der Waals surface area contributed by atoms with Crippen molar-refractivity contribution >= 4 is 22.4 Å². The van der Waals surface area contributed by atoms with Crippen molar-refractivity contribution in [2.24, 2.45) is 0 Å². The summed E-state index contributed by atoms with van der Waals surface area (Å²) in [7, 11) is 0. The minimum Gasteiger partial charge on any atom is -0.490 e.